The quantitative estimate of drug-likeness (QED) is 0.300. The summed E-state index contributed by atoms with van der Waals surface area (Å²) in [6.07, 6.45) is 0. The molecule has 0 saturated heterocycles. The molecular weight excluding hydrogens is 583 g/mol. The molecule has 1 unspecified atom stereocenters. The predicted octanol–water partition coefficient (Wildman–Crippen LogP) is 3.94. The Morgan fingerprint density at radius 2 is 1.50 bits per heavy atom. The Balaban J connectivity index is 0.00000408. The molecule has 2 radical (unpaired) electrons. The Morgan fingerprint density at radius 1 is 0.912 bits per heavy atom. The van der Waals surface area contributed by atoms with Gasteiger partial charge in [0.2, 0.25) is 0 Å². The van der Waals surface area contributed by atoms with Crippen LogP contribution in [0.3, 0.4) is 0 Å². The minimum Gasteiger partial charge on any atom is -0.282 e. The standard InChI is InChI=1S/C17H13Cl3N4O7S2.Ca/c1-7-3-15(33(29,30)31)12(4-9(7)18)21-22-16-8(2)23-24(17(16)25)13-5-11(20)14(6-10(13)19)32(26,27)28;/h3-6,16H,1-2H3,(H,26,27,28)(H,29,30,31);. The van der Waals surface area contributed by atoms with Crippen molar-refractivity contribution in [2.75, 3.05) is 5.01 Å². The third-order valence-corrected chi connectivity index (χ3v) is 7.31. The van der Waals surface area contributed by atoms with Crippen LogP contribution in [0.5, 0.6) is 0 Å². The zero-order valence-electron chi connectivity index (χ0n) is 17.3. The van der Waals surface area contributed by atoms with Crippen LogP contribution in [0.4, 0.5) is 11.4 Å². The van der Waals surface area contributed by atoms with Crippen LogP contribution in [0.2, 0.25) is 15.1 Å². The van der Waals surface area contributed by atoms with Gasteiger partial charge < -0.3 is 0 Å². The Kier molecular flexibility index (Phi) is 9.18. The predicted molar refractivity (Wildman–Crippen MR) is 127 cm³/mol. The van der Waals surface area contributed by atoms with E-state index in [-0.39, 0.29) is 64.9 Å². The van der Waals surface area contributed by atoms with Crippen LogP contribution in [0.25, 0.3) is 0 Å². The fraction of sp³-hybridized carbons (Fsp3) is 0.176. The van der Waals surface area contributed by atoms with E-state index in [4.69, 9.17) is 34.8 Å². The van der Waals surface area contributed by atoms with Crippen LogP contribution in [-0.4, -0.2) is 81.3 Å². The van der Waals surface area contributed by atoms with Gasteiger partial charge in [-0.15, -0.1) is 0 Å². The van der Waals surface area contributed by atoms with Crippen LogP contribution in [0.1, 0.15) is 12.5 Å². The third kappa shape index (κ3) is 6.09. The molecule has 1 heterocycles. The number of nitrogens with zero attached hydrogens (tertiary/aromatic N) is 4. The molecule has 1 aliphatic rings. The topological polar surface area (TPSA) is 166 Å². The van der Waals surface area contributed by atoms with Crippen molar-refractivity contribution in [1.29, 1.82) is 0 Å². The molecule has 2 aromatic rings. The van der Waals surface area contributed by atoms with Gasteiger partial charge in [-0.05, 0) is 43.7 Å². The van der Waals surface area contributed by atoms with E-state index < -0.39 is 47.0 Å². The molecule has 17 heteroatoms. The van der Waals surface area contributed by atoms with Crippen molar-refractivity contribution in [3.8, 4) is 0 Å². The SMILES string of the molecule is CC1=NN(c2cc(Cl)c(S(=O)(=O)O)cc2Cl)C(=O)C1N=Nc1cc(Cl)c(C)cc1S(=O)(=O)O.[Ca]. The van der Waals surface area contributed by atoms with Gasteiger partial charge in [-0.25, -0.2) is 0 Å². The average Bonchev–Trinajstić information content (AvgIpc) is 2.95. The minimum atomic E-state index is -4.67. The minimum absolute atomic E-state index is 0. The van der Waals surface area contributed by atoms with E-state index in [1.165, 1.54) is 13.8 Å². The summed E-state index contributed by atoms with van der Waals surface area (Å²) in [5.41, 5.74) is 0.115. The fourth-order valence-corrected chi connectivity index (χ4v) is 4.97. The van der Waals surface area contributed by atoms with Crippen LogP contribution in [0, 0.1) is 6.92 Å². The molecule has 34 heavy (non-hydrogen) atoms. The normalized spacial score (nSPS) is 16.7. The van der Waals surface area contributed by atoms with E-state index in [9.17, 15) is 30.7 Å². The summed E-state index contributed by atoms with van der Waals surface area (Å²) < 4.78 is 64.7. The van der Waals surface area contributed by atoms with Crippen molar-refractivity contribution >= 4 is 116 Å². The molecular formula is C17H13CaCl3N4O7S2. The van der Waals surface area contributed by atoms with Crippen molar-refractivity contribution in [3.05, 3.63) is 44.9 Å². The second kappa shape index (κ2) is 10.6. The summed E-state index contributed by atoms with van der Waals surface area (Å²) in [5, 5.41) is 11.9. The van der Waals surface area contributed by atoms with Crippen LogP contribution in [-0.2, 0) is 25.0 Å². The van der Waals surface area contributed by atoms with Crippen LogP contribution in [0.15, 0.2) is 49.4 Å². The molecule has 1 amide bonds. The number of aryl methyl sites for hydroxylation is 1. The van der Waals surface area contributed by atoms with Crippen molar-refractivity contribution in [2.24, 2.45) is 15.3 Å². The number of rotatable bonds is 5. The molecule has 0 bridgehead atoms. The molecule has 0 aliphatic carbocycles. The molecule has 11 nitrogen and oxygen atoms in total. The largest absolute Gasteiger partial charge is 0.296 e. The molecule has 0 spiro atoms. The van der Waals surface area contributed by atoms with E-state index in [0.29, 0.717) is 5.56 Å². The van der Waals surface area contributed by atoms with Crippen molar-refractivity contribution in [3.63, 3.8) is 0 Å². The van der Waals surface area contributed by atoms with Crippen LogP contribution < -0.4 is 5.01 Å². The molecule has 0 aromatic heterocycles. The third-order valence-electron chi connectivity index (χ3n) is 4.40. The number of azo groups is 1. The van der Waals surface area contributed by atoms with Gasteiger partial charge in [-0.3, -0.25) is 13.9 Å². The van der Waals surface area contributed by atoms with Crippen molar-refractivity contribution in [1.82, 2.24) is 0 Å². The van der Waals surface area contributed by atoms with E-state index in [0.717, 1.165) is 29.3 Å². The maximum Gasteiger partial charge on any atom is 0.296 e. The zero-order chi connectivity index (χ0) is 24.9. The van der Waals surface area contributed by atoms with Gasteiger partial charge in [0.1, 0.15) is 15.5 Å². The second-order valence-electron chi connectivity index (χ2n) is 6.76. The molecule has 1 aliphatic heterocycles. The summed E-state index contributed by atoms with van der Waals surface area (Å²) in [6, 6.07) is 2.85. The van der Waals surface area contributed by atoms with Gasteiger partial charge in [0.25, 0.3) is 26.1 Å². The number of hydrogen-bond acceptors (Lipinski definition) is 8. The number of carbonyl (C=O) groups is 1. The Bertz CT molecular complexity index is 1460. The van der Waals surface area contributed by atoms with Crippen molar-refractivity contribution < 1.29 is 30.7 Å². The zero-order valence-corrected chi connectivity index (χ0v) is 23.4. The Hall–Kier alpha value is -0.870. The van der Waals surface area contributed by atoms with E-state index in [1.54, 1.807) is 0 Å². The first kappa shape index (κ1) is 29.4. The van der Waals surface area contributed by atoms with E-state index >= 15 is 0 Å². The first-order chi connectivity index (χ1) is 15.1. The molecule has 3 rings (SSSR count). The molecule has 0 fully saturated rings. The smallest absolute Gasteiger partial charge is 0.282 e. The summed E-state index contributed by atoms with van der Waals surface area (Å²) >= 11 is 18.0. The Labute approximate surface area is 239 Å². The maximum absolute atomic E-state index is 12.9. The summed E-state index contributed by atoms with van der Waals surface area (Å²) in [5.74, 6) is -0.763. The number of benzene rings is 2. The van der Waals surface area contributed by atoms with Crippen molar-refractivity contribution in [2.45, 2.75) is 29.7 Å². The van der Waals surface area contributed by atoms with Crippen LogP contribution >= 0.6 is 34.8 Å². The van der Waals surface area contributed by atoms with Gasteiger partial charge in [0.15, 0.2) is 6.04 Å². The molecule has 1 atom stereocenters. The number of halogens is 3. The average molecular weight is 596 g/mol. The Morgan fingerprint density at radius 3 is 2.06 bits per heavy atom. The molecule has 2 N–H and O–H groups in total. The first-order valence-corrected chi connectivity index (χ1v) is 12.7. The number of amides is 1. The van der Waals surface area contributed by atoms with Gasteiger partial charge in [-0.1, -0.05) is 34.8 Å². The monoisotopic (exact) mass is 594 g/mol. The van der Waals surface area contributed by atoms with Gasteiger partial charge in [-0.2, -0.15) is 37.2 Å². The molecule has 0 saturated carbocycles. The number of anilines is 1. The van der Waals surface area contributed by atoms with Gasteiger partial charge in [0, 0.05) is 42.8 Å². The number of hydrogen-bond donors (Lipinski definition) is 2. The summed E-state index contributed by atoms with van der Waals surface area (Å²) in [4.78, 5) is 11.7. The first-order valence-electron chi connectivity index (χ1n) is 8.65. The maximum atomic E-state index is 12.9. The summed E-state index contributed by atoms with van der Waals surface area (Å²) in [7, 11) is -9.33. The van der Waals surface area contributed by atoms with E-state index in [1.807, 2.05) is 0 Å². The van der Waals surface area contributed by atoms with Gasteiger partial charge >= 0.3 is 0 Å². The molecule has 178 valence electrons. The van der Waals surface area contributed by atoms with E-state index in [2.05, 4.69) is 15.3 Å². The number of carbonyl (C=O) groups excluding carboxylic acids is 1. The van der Waals surface area contributed by atoms with Gasteiger partial charge in [0.05, 0.1) is 21.4 Å². The summed E-state index contributed by atoms with van der Waals surface area (Å²) in [6.45, 7) is 2.96. The second-order valence-corrected chi connectivity index (χ2v) is 10.8. The number of hydrazone groups is 1. The molecule has 2 aromatic carbocycles. The fourth-order valence-electron chi connectivity index (χ4n) is 2.79.